The van der Waals surface area contributed by atoms with Crippen LogP contribution in [0.3, 0.4) is 0 Å². The maximum absolute atomic E-state index is 9.92. The lowest BCUT2D eigenvalue weighted by Gasteiger charge is -1.98. The van der Waals surface area contributed by atoms with E-state index in [0.29, 0.717) is 0 Å². The fraction of sp³-hybridized carbons (Fsp3) is 0.500. The van der Waals surface area contributed by atoms with Crippen LogP contribution in [0.4, 0.5) is 0 Å². The molecule has 0 aliphatic rings. The molecule has 0 heterocycles. The highest BCUT2D eigenvalue weighted by Crippen LogP contribution is 1.94. The fourth-order valence-electron chi connectivity index (χ4n) is 0. The van der Waals surface area contributed by atoms with Gasteiger partial charge in [-0.15, -0.1) is 0 Å². The summed E-state index contributed by atoms with van der Waals surface area (Å²) >= 11 is 7.08. The van der Waals surface area contributed by atoms with Crippen molar-refractivity contribution in [2.24, 2.45) is 0 Å². The summed E-state index contributed by atoms with van der Waals surface area (Å²) in [4.78, 5) is 9.92. The van der Waals surface area contributed by atoms with Crippen molar-refractivity contribution < 1.29 is 4.79 Å². The number of carbonyl (C=O) groups excluding carboxylic acids is 1. The van der Waals surface area contributed by atoms with Gasteiger partial charge in [0.25, 0.3) is 0 Å². The molecule has 0 unspecified atom stereocenters. The molecule has 0 bridgehead atoms. The van der Waals surface area contributed by atoms with Gasteiger partial charge in [-0.25, -0.2) is 3.71 Å². The lowest BCUT2D eigenvalue weighted by molar-refractivity contribution is -0.120. The first-order valence-electron chi connectivity index (χ1n) is 1.33. The third-order valence-corrected chi connectivity index (χ3v) is 0.845. The largest absolute Gasteiger partial charge is 0.273 e. The van der Waals surface area contributed by atoms with E-state index < -0.39 is 0 Å². The van der Waals surface area contributed by atoms with Crippen molar-refractivity contribution in [1.82, 2.24) is 3.71 Å². The number of hydrogen-bond acceptors (Lipinski definition) is 3. The van der Waals surface area contributed by atoms with Crippen LogP contribution in [0.1, 0.15) is 6.92 Å². The van der Waals surface area contributed by atoms with E-state index in [1.54, 1.807) is 0 Å². The predicted molar refractivity (Wildman–Crippen MR) is 30.5 cm³/mol. The molecule has 4 heteroatoms. The van der Waals surface area contributed by atoms with Gasteiger partial charge in [0.15, 0.2) is 0 Å². The minimum absolute atomic E-state index is 0.179. The van der Waals surface area contributed by atoms with Crippen LogP contribution in [0.2, 0.25) is 0 Å². The molecule has 0 aliphatic heterocycles. The van der Waals surface area contributed by atoms with Gasteiger partial charge in [0.1, 0.15) is 0 Å². The van der Waals surface area contributed by atoms with Crippen LogP contribution in [-0.2, 0) is 4.79 Å². The van der Waals surface area contributed by atoms with Crippen LogP contribution in [0.25, 0.3) is 0 Å². The molecule has 0 saturated carbocycles. The first-order chi connectivity index (χ1) is 2.64. The molecule has 0 aromatic rings. The van der Waals surface area contributed by atoms with Crippen LogP contribution in [0, 0.1) is 0 Å². The molecule has 36 valence electrons. The molecule has 6 heavy (non-hydrogen) atoms. The van der Waals surface area contributed by atoms with Crippen molar-refractivity contribution in [3.8, 4) is 0 Å². The number of amides is 1. The van der Waals surface area contributed by atoms with Crippen molar-refractivity contribution in [1.29, 1.82) is 0 Å². The molecule has 0 N–H and O–H groups in total. The Bertz CT molecular complexity index is 62.6. The van der Waals surface area contributed by atoms with E-state index in [0.717, 1.165) is 3.71 Å². The molecule has 0 aromatic heterocycles. The van der Waals surface area contributed by atoms with E-state index in [-0.39, 0.29) is 5.91 Å². The summed E-state index contributed by atoms with van der Waals surface area (Å²) < 4.78 is 0.917. The van der Waals surface area contributed by atoms with Gasteiger partial charge in [-0.2, -0.15) is 0 Å². The summed E-state index contributed by atoms with van der Waals surface area (Å²) in [5, 5.41) is 0. The monoisotopic (exact) mass is 123 g/mol. The van der Waals surface area contributed by atoms with Crippen molar-refractivity contribution in [2.45, 2.75) is 6.92 Å². The van der Waals surface area contributed by atoms with Gasteiger partial charge in [-0.3, -0.25) is 4.79 Å². The molecule has 0 fully saturated rings. The number of hydrogen-bond donors (Lipinski definition) is 2. The molecule has 0 rings (SSSR count). The maximum atomic E-state index is 9.92. The average Bonchev–Trinajstić information content (AvgIpc) is 1.36. The van der Waals surface area contributed by atoms with E-state index in [9.17, 15) is 4.79 Å². The number of rotatable bonds is 0. The van der Waals surface area contributed by atoms with Gasteiger partial charge in [0, 0.05) is 6.92 Å². The Balaban J connectivity index is 3.26. The summed E-state index contributed by atoms with van der Waals surface area (Å²) in [6, 6.07) is 0. The molecule has 0 radical (unpaired) electrons. The van der Waals surface area contributed by atoms with Gasteiger partial charge in [-0.05, 0) is 0 Å². The van der Waals surface area contributed by atoms with Gasteiger partial charge < -0.3 is 0 Å². The molecular weight excluding hydrogens is 118 g/mol. The SMILES string of the molecule is CC(=O)N(S)S. The Kier molecular flexibility index (Phi) is 2.43. The second-order valence-electron chi connectivity index (χ2n) is 0.808. The highest BCUT2D eigenvalue weighted by Gasteiger charge is 1.90. The predicted octanol–water partition coefficient (Wildman–Crippen LogP) is 0.524. The Morgan fingerprint density at radius 3 is 1.83 bits per heavy atom. The van der Waals surface area contributed by atoms with Gasteiger partial charge in [0.05, 0.1) is 0 Å². The lowest BCUT2D eigenvalue weighted by Crippen LogP contribution is -2.03. The lowest BCUT2D eigenvalue weighted by atomic mass is 10.8. The Labute approximate surface area is 47.6 Å². The third-order valence-electron chi connectivity index (χ3n) is 0.282. The van der Waals surface area contributed by atoms with E-state index in [2.05, 4.69) is 25.6 Å². The summed E-state index contributed by atoms with van der Waals surface area (Å²) in [6.07, 6.45) is 0. The average molecular weight is 123 g/mol. The van der Waals surface area contributed by atoms with Crippen molar-refractivity contribution >= 4 is 31.5 Å². The quantitative estimate of drug-likeness (QED) is 0.450. The first-order valence-corrected chi connectivity index (χ1v) is 2.13. The van der Waals surface area contributed by atoms with E-state index in [4.69, 9.17) is 0 Å². The minimum atomic E-state index is -0.179. The molecule has 0 aliphatic carbocycles. The summed E-state index contributed by atoms with van der Waals surface area (Å²) in [7, 11) is 0. The van der Waals surface area contributed by atoms with Crippen LogP contribution in [0.15, 0.2) is 0 Å². The normalized spacial score (nSPS) is 7.83. The molecule has 0 saturated heterocycles. The Hall–Kier alpha value is 0.170. The van der Waals surface area contributed by atoms with Gasteiger partial charge >= 0.3 is 0 Å². The molecular formula is C2H5NOS2. The zero-order valence-electron chi connectivity index (χ0n) is 3.25. The summed E-state index contributed by atoms with van der Waals surface area (Å²) in [6.45, 7) is 1.38. The Morgan fingerprint density at radius 1 is 1.67 bits per heavy atom. The van der Waals surface area contributed by atoms with E-state index >= 15 is 0 Å². The second kappa shape index (κ2) is 2.36. The Morgan fingerprint density at radius 2 is 1.83 bits per heavy atom. The van der Waals surface area contributed by atoms with Crippen LogP contribution in [0.5, 0.6) is 0 Å². The summed E-state index contributed by atoms with van der Waals surface area (Å²) in [5.74, 6) is -0.179. The highest BCUT2D eigenvalue weighted by molar-refractivity contribution is 7.94. The fourth-order valence-corrected chi connectivity index (χ4v) is 0. The molecule has 0 aromatic carbocycles. The molecule has 0 atom stereocenters. The van der Waals surface area contributed by atoms with Crippen molar-refractivity contribution in [3.63, 3.8) is 0 Å². The van der Waals surface area contributed by atoms with Crippen LogP contribution < -0.4 is 0 Å². The van der Waals surface area contributed by atoms with Gasteiger partial charge in [0.2, 0.25) is 5.91 Å². The maximum Gasteiger partial charge on any atom is 0.239 e. The molecule has 1 amide bonds. The van der Waals surface area contributed by atoms with Crippen LogP contribution >= 0.6 is 25.6 Å². The van der Waals surface area contributed by atoms with E-state index in [1.165, 1.54) is 6.92 Å². The smallest absolute Gasteiger partial charge is 0.239 e. The number of carbonyl (C=O) groups is 1. The van der Waals surface area contributed by atoms with Crippen molar-refractivity contribution in [3.05, 3.63) is 0 Å². The highest BCUT2D eigenvalue weighted by atomic mass is 32.2. The van der Waals surface area contributed by atoms with Gasteiger partial charge in [-0.1, -0.05) is 25.6 Å². The number of thiol groups is 2. The standard InChI is InChI=1S/C2H5NOS2/c1-2(4)3(5)6/h5-6H,1H3. The zero-order chi connectivity index (χ0) is 5.15. The third kappa shape index (κ3) is 2.41. The van der Waals surface area contributed by atoms with Crippen molar-refractivity contribution in [2.75, 3.05) is 0 Å². The molecule has 0 spiro atoms. The molecule has 2 nitrogen and oxygen atoms in total. The first kappa shape index (κ1) is 6.17. The minimum Gasteiger partial charge on any atom is -0.273 e. The number of nitrogens with zero attached hydrogens (tertiary/aromatic N) is 1. The van der Waals surface area contributed by atoms with Crippen LogP contribution in [-0.4, -0.2) is 9.62 Å². The summed E-state index contributed by atoms with van der Waals surface area (Å²) in [5.41, 5.74) is 0. The zero-order valence-corrected chi connectivity index (χ0v) is 5.04. The topological polar surface area (TPSA) is 20.3 Å². The van der Waals surface area contributed by atoms with E-state index in [1.807, 2.05) is 0 Å². The second-order valence-corrected chi connectivity index (χ2v) is 1.92.